The summed E-state index contributed by atoms with van der Waals surface area (Å²) in [7, 11) is 0. The lowest BCUT2D eigenvalue weighted by Gasteiger charge is -2.30. The minimum atomic E-state index is -1.78. The fourth-order valence-corrected chi connectivity index (χ4v) is 0.939. The van der Waals surface area contributed by atoms with Gasteiger partial charge in [-0.25, -0.2) is 0 Å². The number of hydrogen-bond acceptors (Lipinski definition) is 3. The normalized spacial score (nSPS) is 15.8. The first-order valence-electron chi connectivity index (χ1n) is 3.89. The van der Waals surface area contributed by atoms with Crippen molar-refractivity contribution in [2.75, 3.05) is 0 Å². The maximum Gasteiger partial charge on any atom is 0.320 e. The van der Waals surface area contributed by atoms with Gasteiger partial charge in [0.25, 0.3) is 0 Å². The van der Waals surface area contributed by atoms with Crippen molar-refractivity contribution in [1.82, 2.24) is 0 Å². The molecule has 5 nitrogen and oxygen atoms in total. The summed E-state index contributed by atoms with van der Waals surface area (Å²) in [4.78, 5) is 21.1. The molecule has 0 aromatic carbocycles. The molecular weight excluding hydrogens is 176 g/mol. The Bertz CT molecular complexity index is 205. The van der Waals surface area contributed by atoms with Gasteiger partial charge in [0.15, 0.2) is 5.92 Å². The average Bonchev–Trinajstić information content (AvgIpc) is 1.82. The van der Waals surface area contributed by atoms with Gasteiger partial charge in [0, 0.05) is 0 Å². The smallest absolute Gasteiger partial charge is 0.320 e. The predicted octanol–water partition coefficient (Wildman–Crippen LogP) is 0.179. The molecule has 1 atom stereocenters. The van der Waals surface area contributed by atoms with Crippen LogP contribution in [0.2, 0.25) is 0 Å². The zero-order valence-corrected chi connectivity index (χ0v) is 7.81. The Morgan fingerprint density at radius 1 is 1.15 bits per heavy atom. The molecule has 0 heterocycles. The van der Waals surface area contributed by atoms with E-state index in [9.17, 15) is 14.7 Å². The van der Waals surface area contributed by atoms with Crippen molar-refractivity contribution in [2.24, 2.45) is 11.8 Å². The highest BCUT2D eigenvalue weighted by Gasteiger charge is 2.45. The standard InChI is InChI=1S/C8H14O5/c1-4(2)8(3,13)5(6(9)10)7(11)12/h4-5,13H,1-3H3,(H,9,10)(H,11,12). The summed E-state index contributed by atoms with van der Waals surface area (Å²) < 4.78 is 0. The summed E-state index contributed by atoms with van der Waals surface area (Å²) in [6, 6.07) is 0. The Balaban J connectivity index is 4.95. The lowest BCUT2D eigenvalue weighted by atomic mass is 9.80. The molecule has 0 fully saturated rings. The summed E-state index contributed by atoms with van der Waals surface area (Å²) in [5, 5.41) is 26.8. The molecule has 3 N–H and O–H groups in total. The molecule has 0 aliphatic carbocycles. The third-order valence-electron chi connectivity index (χ3n) is 2.25. The van der Waals surface area contributed by atoms with Crippen LogP contribution in [0.15, 0.2) is 0 Å². The Kier molecular flexibility index (Phi) is 3.42. The van der Waals surface area contributed by atoms with E-state index in [0.29, 0.717) is 0 Å². The second-order valence-corrected chi connectivity index (χ2v) is 3.49. The van der Waals surface area contributed by atoms with Gasteiger partial charge in [-0.3, -0.25) is 9.59 Å². The van der Waals surface area contributed by atoms with E-state index in [0.717, 1.165) is 0 Å². The predicted molar refractivity (Wildman–Crippen MR) is 44.2 cm³/mol. The van der Waals surface area contributed by atoms with E-state index < -0.39 is 29.4 Å². The van der Waals surface area contributed by atoms with Gasteiger partial charge in [0.05, 0.1) is 5.60 Å². The van der Waals surface area contributed by atoms with E-state index in [4.69, 9.17) is 10.2 Å². The van der Waals surface area contributed by atoms with Crippen LogP contribution in [0.25, 0.3) is 0 Å². The maximum absolute atomic E-state index is 10.6. The second kappa shape index (κ2) is 3.74. The van der Waals surface area contributed by atoms with E-state index in [1.807, 2.05) is 0 Å². The largest absolute Gasteiger partial charge is 0.481 e. The van der Waals surface area contributed by atoms with Crippen molar-refractivity contribution in [2.45, 2.75) is 26.4 Å². The lowest BCUT2D eigenvalue weighted by molar-refractivity contribution is -0.169. The van der Waals surface area contributed by atoms with Gasteiger partial charge in [-0.2, -0.15) is 0 Å². The first-order chi connectivity index (χ1) is 5.71. The third kappa shape index (κ3) is 2.42. The fraction of sp³-hybridized carbons (Fsp3) is 0.750. The number of carbonyl (C=O) groups is 2. The number of aliphatic carboxylic acids is 2. The molecule has 0 aromatic heterocycles. The van der Waals surface area contributed by atoms with Crippen molar-refractivity contribution in [1.29, 1.82) is 0 Å². The quantitative estimate of drug-likeness (QED) is 0.549. The number of aliphatic hydroxyl groups is 1. The molecule has 0 rings (SSSR count). The van der Waals surface area contributed by atoms with Crippen molar-refractivity contribution in [3.05, 3.63) is 0 Å². The zero-order valence-electron chi connectivity index (χ0n) is 7.81. The minimum Gasteiger partial charge on any atom is -0.481 e. The van der Waals surface area contributed by atoms with Crippen LogP contribution >= 0.6 is 0 Å². The lowest BCUT2D eigenvalue weighted by Crippen LogP contribution is -2.48. The van der Waals surface area contributed by atoms with Crippen LogP contribution in [0.3, 0.4) is 0 Å². The molecule has 0 spiro atoms. The molecule has 5 heteroatoms. The molecule has 0 bridgehead atoms. The monoisotopic (exact) mass is 190 g/mol. The molecule has 0 amide bonds. The van der Waals surface area contributed by atoms with Gasteiger partial charge in [-0.05, 0) is 12.8 Å². The van der Waals surface area contributed by atoms with Crippen molar-refractivity contribution >= 4 is 11.9 Å². The number of carboxylic acid groups (broad SMARTS) is 2. The molecule has 13 heavy (non-hydrogen) atoms. The van der Waals surface area contributed by atoms with E-state index in [1.54, 1.807) is 13.8 Å². The van der Waals surface area contributed by atoms with Gasteiger partial charge in [-0.1, -0.05) is 13.8 Å². The van der Waals surface area contributed by atoms with Crippen LogP contribution in [0.5, 0.6) is 0 Å². The van der Waals surface area contributed by atoms with Gasteiger partial charge in [0.2, 0.25) is 0 Å². The van der Waals surface area contributed by atoms with E-state index >= 15 is 0 Å². The van der Waals surface area contributed by atoms with E-state index in [-0.39, 0.29) is 0 Å². The Morgan fingerprint density at radius 2 is 1.46 bits per heavy atom. The topological polar surface area (TPSA) is 94.8 Å². The van der Waals surface area contributed by atoms with Crippen molar-refractivity contribution < 1.29 is 24.9 Å². The first-order valence-corrected chi connectivity index (χ1v) is 3.89. The highest BCUT2D eigenvalue weighted by atomic mass is 16.4. The van der Waals surface area contributed by atoms with E-state index in [2.05, 4.69) is 0 Å². The molecule has 0 aromatic rings. The van der Waals surface area contributed by atoms with Crippen LogP contribution in [-0.2, 0) is 9.59 Å². The first kappa shape index (κ1) is 11.9. The van der Waals surface area contributed by atoms with Crippen molar-refractivity contribution in [3.8, 4) is 0 Å². The molecule has 0 radical (unpaired) electrons. The minimum absolute atomic E-state index is 0.440. The average molecular weight is 190 g/mol. The van der Waals surface area contributed by atoms with Crippen LogP contribution < -0.4 is 0 Å². The highest BCUT2D eigenvalue weighted by Crippen LogP contribution is 2.26. The van der Waals surface area contributed by atoms with E-state index in [1.165, 1.54) is 6.92 Å². The summed E-state index contributed by atoms with van der Waals surface area (Å²) in [5.74, 6) is -5.27. The van der Waals surface area contributed by atoms with Crippen LogP contribution in [0.4, 0.5) is 0 Å². The summed E-state index contributed by atoms with van der Waals surface area (Å²) in [6.45, 7) is 4.35. The zero-order chi connectivity index (χ0) is 10.8. The third-order valence-corrected chi connectivity index (χ3v) is 2.25. The summed E-state index contributed by atoms with van der Waals surface area (Å²) >= 11 is 0. The molecule has 76 valence electrons. The van der Waals surface area contributed by atoms with Gasteiger partial charge in [-0.15, -0.1) is 0 Å². The summed E-state index contributed by atoms with van der Waals surface area (Å²) in [6.07, 6.45) is 0. The Morgan fingerprint density at radius 3 is 1.54 bits per heavy atom. The molecule has 0 saturated heterocycles. The molecule has 0 saturated carbocycles. The summed E-state index contributed by atoms with van der Waals surface area (Å²) in [5.41, 5.74) is -1.74. The number of rotatable bonds is 4. The van der Waals surface area contributed by atoms with Crippen LogP contribution in [-0.4, -0.2) is 32.9 Å². The Labute approximate surface area is 76.0 Å². The van der Waals surface area contributed by atoms with Gasteiger partial charge >= 0.3 is 11.9 Å². The number of hydrogen-bond donors (Lipinski definition) is 3. The highest BCUT2D eigenvalue weighted by molar-refractivity contribution is 5.94. The molecule has 1 unspecified atom stereocenters. The SMILES string of the molecule is CC(C)C(C)(O)C(C(=O)O)C(=O)O. The van der Waals surface area contributed by atoms with Crippen molar-refractivity contribution in [3.63, 3.8) is 0 Å². The molecule has 0 aliphatic heterocycles. The second-order valence-electron chi connectivity index (χ2n) is 3.49. The fourth-order valence-electron chi connectivity index (χ4n) is 0.939. The molecule has 0 aliphatic rings. The Hall–Kier alpha value is -1.10. The molecular formula is C8H14O5. The van der Waals surface area contributed by atoms with Gasteiger partial charge < -0.3 is 15.3 Å². The van der Waals surface area contributed by atoms with Gasteiger partial charge in [0.1, 0.15) is 0 Å². The number of carboxylic acids is 2. The van der Waals surface area contributed by atoms with Crippen LogP contribution in [0, 0.1) is 11.8 Å². The van der Waals surface area contributed by atoms with Crippen LogP contribution in [0.1, 0.15) is 20.8 Å². The maximum atomic E-state index is 10.6.